The second-order valence-corrected chi connectivity index (χ2v) is 6.72. The molecule has 22 heavy (non-hydrogen) atoms. The SMILES string of the molecule is Cc1ccc2c(c1)c1c(c3oc(=O)ccc32)CCC(C)(C)O1. The highest BCUT2D eigenvalue weighted by atomic mass is 16.5. The van der Waals surface area contributed by atoms with Gasteiger partial charge in [-0.05, 0) is 51.1 Å². The van der Waals surface area contributed by atoms with E-state index in [1.165, 1.54) is 11.6 Å². The van der Waals surface area contributed by atoms with E-state index in [9.17, 15) is 4.79 Å². The molecule has 0 saturated heterocycles. The summed E-state index contributed by atoms with van der Waals surface area (Å²) < 4.78 is 11.8. The Kier molecular flexibility index (Phi) is 2.65. The molecular formula is C19H18O3. The Morgan fingerprint density at radius 3 is 2.64 bits per heavy atom. The van der Waals surface area contributed by atoms with Crippen LogP contribution < -0.4 is 10.4 Å². The molecule has 0 radical (unpaired) electrons. The van der Waals surface area contributed by atoms with Gasteiger partial charge in [-0.1, -0.05) is 17.7 Å². The van der Waals surface area contributed by atoms with E-state index in [4.69, 9.17) is 9.15 Å². The van der Waals surface area contributed by atoms with E-state index in [-0.39, 0.29) is 11.2 Å². The zero-order chi connectivity index (χ0) is 15.5. The first-order valence-corrected chi connectivity index (χ1v) is 7.63. The van der Waals surface area contributed by atoms with E-state index >= 15 is 0 Å². The summed E-state index contributed by atoms with van der Waals surface area (Å²) in [5, 5.41) is 3.15. The maximum Gasteiger partial charge on any atom is 0.336 e. The highest BCUT2D eigenvalue weighted by molar-refractivity contribution is 6.10. The summed E-state index contributed by atoms with van der Waals surface area (Å²) in [5.41, 5.74) is 2.37. The predicted molar refractivity (Wildman–Crippen MR) is 87.8 cm³/mol. The van der Waals surface area contributed by atoms with Gasteiger partial charge in [0.25, 0.3) is 0 Å². The van der Waals surface area contributed by atoms with Crippen LogP contribution in [0.25, 0.3) is 21.7 Å². The van der Waals surface area contributed by atoms with Gasteiger partial charge in [-0.25, -0.2) is 4.79 Å². The molecule has 1 aliphatic rings. The van der Waals surface area contributed by atoms with Crippen molar-refractivity contribution in [3.63, 3.8) is 0 Å². The van der Waals surface area contributed by atoms with Crippen LogP contribution in [-0.2, 0) is 6.42 Å². The van der Waals surface area contributed by atoms with E-state index < -0.39 is 0 Å². The fourth-order valence-corrected chi connectivity index (χ4v) is 3.30. The molecule has 0 atom stereocenters. The van der Waals surface area contributed by atoms with Gasteiger partial charge in [0.05, 0.1) is 0 Å². The van der Waals surface area contributed by atoms with Crippen LogP contribution >= 0.6 is 0 Å². The Labute approximate surface area is 128 Å². The van der Waals surface area contributed by atoms with Crippen LogP contribution in [0, 0.1) is 6.92 Å². The molecule has 0 aliphatic carbocycles. The monoisotopic (exact) mass is 294 g/mol. The normalized spacial score (nSPS) is 16.5. The van der Waals surface area contributed by atoms with Gasteiger partial charge in [-0.3, -0.25) is 0 Å². The van der Waals surface area contributed by atoms with Gasteiger partial charge in [0.15, 0.2) is 0 Å². The zero-order valence-corrected chi connectivity index (χ0v) is 13.0. The number of fused-ring (bicyclic) bond motifs is 6. The number of aryl methyl sites for hydroxylation is 2. The van der Waals surface area contributed by atoms with Crippen LogP contribution in [0.15, 0.2) is 39.5 Å². The van der Waals surface area contributed by atoms with Crippen molar-refractivity contribution in [2.45, 2.75) is 39.2 Å². The summed E-state index contributed by atoms with van der Waals surface area (Å²) in [6.45, 7) is 6.28. The molecule has 0 N–H and O–H groups in total. The molecule has 1 aliphatic heterocycles. The second-order valence-electron chi connectivity index (χ2n) is 6.72. The largest absolute Gasteiger partial charge is 0.487 e. The Bertz CT molecular complexity index is 964. The van der Waals surface area contributed by atoms with Gasteiger partial charge in [-0.2, -0.15) is 0 Å². The summed E-state index contributed by atoms with van der Waals surface area (Å²) >= 11 is 0. The highest BCUT2D eigenvalue weighted by Gasteiger charge is 2.30. The molecule has 3 heteroatoms. The Hall–Kier alpha value is -2.29. The minimum Gasteiger partial charge on any atom is -0.487 e. The summed E-state index contributed by atoms with van der Waals surface area (Å²) in [4.78, 5) is 11.7. The maximum absolute atomic E-state index is 11.7. The average Bonchev–Trinajstić information content (AvgIpc) is 2.46. The molecule has 0 unspecified atom stereocenters. The Morgan fingerprint density at radius 1 is 1.05 bits per heavy atom. The molecule has 1 aromatic heterocycles. The molecule has 3 aromatic rings. The summed E-state index contributed by atoms with van der Waals surface area (Å²) in [5.74, 6) is 0.872. The summed E-state index contributed by atoms with van der Waals surface area (Å²) in [6.07, 6.45) is 1.76. The van der Waals surface area contributed by atoms with Crippen molar-refractivity contribution >= 4 is 21.7 Å². The first-order chi connectivity index (χ1) is 10.4. The fraction of sp³-hybridized carbons (Fsp3) is 0.316. The lowest BCUT2D eigenvalue weighted by Gasteiger charge is -2.33. The molecule has 0 saturated carbocycles. The van der Waals surface area contributed by atoms with Gasteiger partial charge >= 0.3 is 5.63 Å². The van der Waals surface area contributed by atoms with Crippen molar-refractivity contribution in [1.82, 2.24) is 0 Å². The van der Waals surface area contributed by atoms with E-state index in [1.54, 1.807) is 0 Å². The first kappa shape index (κ1) is 13.4. The standard InChI is InChI=1S/C19H18O3/c1-11-4-5-12-13-6-7-16(20)21-17(13)14-8-9-19(2,3)22-18(14)15(12)10-11/h4-7,10H,8-9H2,1-3H3. The van der Waals surface area contributed by atoms with Crippen molar-refractivity contribution in [2.75, 3.05) is 0 Å². The topological polar surface area (TPSA) is 39.4 Å². The average molecular weight is 294 g/mol. The minimum absolute atomic E-state index is 0.202. The minimum atomic E-state index is -0.314. The van der Waals surface area contributed by atoms with Crippen molar-refractivity contribution in [3.05, 3.63) is 51.9 Å². The molecule has 112 valence electrons. The number of ether oxygens (including phenoxy) is 1. The predicted octanol–water partition coefficient (Wildman–Crippen LogP) is 4.36. The van der Waals surface area contributed by atoms with Crippen LogP contribution in [0.5, 0.6) is 5.75 Å². The third-order valence-corrected chi connectivity index (χ3v) is 4.45. The zero-order valence-electron chi connectivity index (χ0n) is 13.0. The van der Waals surface area contributed by atoms with E-state index in [0.29, 0.717) is 5.58 Å². The van der Waals surface area contributed by atoms with Crippen molar-refractivity contribution in [1.29, 1.82) is 0 Å². The molecule has 0 amide bonds. The quantitative estimate of drug-likeness (QED) is 0.457. The van der Waals surface area contributed by atoms with Gasteiger partial charge in [0, 0.05) is 22.4 Å². The molecule has 0 bridgehead atoms. The molecule has 2 heterocycles. The lowest BCUT2D eigenvalue weighted by Crippen LogP contribution is -2.32. The van der Waals surface area contributed by atoms with E-state index in [1.807, 2.05) is 6.07 Å². The van der Waals surface area contributed by atoms with Crippen molar-refractivity contribution < 1.29 is 9.15 Å². The molecule has 0 spiro atoms. The maximum atomic E-state index is 11.7. The molecule has 2 aromatic carbocycles. The third kappa shape index (κ3) is 1.92. The molecular weight excluding hydrogens is 276 g/mol. The van der Waals surface area contributed by atoms with Crippen molar-refractivity contribution in [3.8, 4) is 5.75 Å². The van der Waals surface area contributed by atoms with Gasteiger partial charge in [0.2, 0.25) is 0 Å². The Balaban J connectivity index is 2.22. The second kappa shape index (κ2) is 4.35. The molecule has 0 fully saturated rings. The number of benzene rings is 2. The van der Waals surface area contributed by atoms with Crippen LogP contribution in [0.4, 0.5) is 0 Å². The lowest BCUT2D eigenvalue weighted by molar-refractivity contribution is 0.0870. The molecule has 4 rings (SSSR count). The summed E-state index contributed by atoms with van der Waals surface area (Å²) in [6, 6.07) is 9.66. The lowest BCUT2D eigenvalue weighted by atomic mass is 9.90. The van der Waals surface area contributed by atoms with Gasteiger partial charge < -0.3 is 9.15 Å². The van der Waals surface area contributed by atoms with Crippen LogP contribution in [0.2, 0.25) is 0 Å². The van der Waals surface area contributed by atoms with Crippen molar-refractivity contribution in [2.24, 2.45) is 0 Å². The third-order valence-electron chi connectivity index (χ3n) is 4.45. The molecule has 3 nitrogen and oxygen atoms in total. The number of hydrogen-bond acceptors (Lipinski definition) is 3. The van der Waals surface area contributed by atoms with Gasteiger partial charge in [-0.15, -0.1) is 0 Å². The van der Waals surface area contributed by atoms with Crippen LogP contribution in [0.1, 0.15) is 31.4 Å². The van der Waals surface area contributed by atoms with E-state index in [2.05, 4.69) is 39.0 Å². The fourth-order valence-electron chi connectivity index (χ4n) is 3.30. The van der Waals surface area contributed by atoms with Gasteiger partial charge in [0.1, 0.15) is 16.9 Å². The number of rotatable bonds is 0. The summed E-state index contributed by atoms with van der Waals surface area (Å²) in [7, 11) is 0. The number of hydrogen-bond donors (Lipinski definition) is 0. The smallest absolute Gasteiger partial charge is 0.336 e. The van der Waals surface area contributed by atoms with E-state index in [0.717, 1.165) is 40.3 Å². The Morgan fingerprint density at radius 2 is 1.82 bits per heavy atom. The first-order valence-electron chi connectivity index (χ1n) is 7.63. The highest BCUT2D eigenvalue weighted by Crippen LogP contribution is 2.43. The van der Waals surface area contributed by atoms with Crippen LogP contribution in [0.3, 0.4) is 0 Å². The van der Waals surface area contributed by atoms with Crippen LogP contribution in [-0.4, -0.2) is 5.60 Å².